The van der Waals surface area contributed by atoms with Gasteiger partial charge in [0.05, 0.1) is 50.2 Å². The normalized spacial score (nSPS) is 23.3. The molecule has 0 aliphatic carbocycles. The van der Waals surface area contributed by atoms with Crippen LogP contribution in [-0.2, 0) is 14.2 Å². The van der Waals surface area contributed by atoms with Crippen molar-refractivity contribution in [2.45, 2.75) is 6.10 Å². The second-order valence-electron chi connectivity index (χ2n) is 6.97. The Balaban J connectivity index is 1.39. The number of cyclic esters (lactones) is 1. The number of methoxy groups -OCH3 is 1. The van der Waals surface area contributed by atoms with Crippen molar-refractivity contribution in [3.05, 3.63) is 24.0 Å². The summed E-state index contributed by atoms with van der Waals surface area (Å²) in [6.45, 7) is 3.42. The molecule has 0 saturated carbocycles. The molecule has 8 nitrogen and oxygen atoms in total. The smallest absolute Gasteiger partial charge is 0.414 e. The molecule has 3 heterocycles. The summed E-state index contributed by atoms with van der Waals surface area (Å²) in [6.07, 6.45) is -1.68. The van der Waals surface area contributed by atoms with Gasteiger partial charge in [0.15, 0.2) is 0 Å². The van der Waals surface area contributed by atoms with Crippen molar-refractivity contribution in [3.63, 3.8) is 0 Å². The molecule has 4 rings (SSSR count). The highest BCUT2D eigenvalue weighted by Crippen LogP contribution is 2.41. The SMILES string of the molecule is COC(=O)NCC1CN(c2ccc(N3CC4(COC4)C3)c(F)c2)C(=O)O1. The number of nitrogens with one attached hydrogen (secondary N) is 1. The fourth-order valence-corrected chi connectivity index (χ4v) is 3.54. The van der Waals surface area contributed by atoms with Gasteiger partial charge in [0.25, 0.3) is 0 Å². The third-order valence-electron chi connectivity index (χ3n) is 4.99. The van der Waals surface area contributed by atoms with Crippen LogP contribution in [0.1, 0.15) is 0 Å². The van der Waals surface area contributed by atoms with Crippen LogP contribution in [0.2, 0.25) is 0 Å². The average molecular weight is 365 g/mol. The summed E-state index contributed by atoms with van der Waals surface area (Å²) < 4.78 is 29.4. The maximum atomic E-state index is 14.5. The Kier molecular flexibility index (Phi) is 4.10. The minimum atomic E-state index is -0.598. The molecule has 1 aromatic carbocycles. The summed E-state index contributed by atoms with van der Waals surface area (Å²) in [5.74, 6) is -0.374. The first-order chi connectivity index (χ1) is 12.5. The standard InChI is InChI=1S/C17H20FN3O5/c1-24-15(22)19-5-12-6-21(16(23)26-12)11-2-3-14(13(18)4-11)20-7-17(8-20)9-25-10-17/h2-4,12H,5-10H2,1H3,(H,19,22). The first-order valence-electron chi connectivity index (χ1n) is 8.42. The van der Waals surface area contributed by atoms with Crippen molar-refractivity contribution in [1.82, 2.24) is 5.32 Å². The molecule has 3 aliphatic rings. The quantitative estimate of drug-likeness (QED) is 0.868. The molecule has 0 bridgehead atoms. The summed E-state index contributed by atoms with van der Waals surface area (Å²) in [7, 11) is 1.25. The molecule has 2 amide bonds. The molecule has 1 unspecified atom stereocenters. The van der Waals surface area contributed by atoms with Crippen LogP contribution < -0.4 is 15.1 Å². The summed E-state index contributed by atoms with van der Waals surface area (Å²) in [5.41, 5.74) is 1.16. The van der Waals surface area contributed by atoms with Crippen molar-refractivity contribution in [2.24, 2.45) is 5.41 Å². The molecule has 0 aromatic heterocycles. The summed E-state index contributed by atoms with van der Waals surface area (Å²) in [4.78, 5) is 26.5. The molecular formula is C17H20FN3O5. The molecule has 1 aromatic rings. The van der Waals surface area contributed by atoms with Crippen molar-refractivity contribution in [1.29, 1.82) is 0 Å². The monoisotopic (exact) mass is 365 g/mol. The van der Waals surface area contributed by atoms with Crippen LogP contribution in [0.15, 0.2) is 18.2 Å². The number of nitrogens with zero attached hydrogens (tertiary/aromatic N) is 2. The molecule has 1 N–H and O–H groups in total. The molecule has 1 atom stereocenters. The Morgan fingerprint density at radius 2 is 2.19 bits per heavy atom. The molecule has 3 fully saturated rings. The van der Waals surface area contributed by atoms with Gasteiger partial charge in [0, 0.05) is 13.1 Å². The lowest BCUT2D eigenvalue weighted by Gasteiger charge is -2.56. The van der Waals surface area contributed by atoms with Gasteiger partial charge in [-0.2, -0.15) is 0 Å². The third-order valence-corrected chi connectivity index (χ3v) is 4.99. The predicted molar refractivity (Wildman–Crippen MR) is 89.9 cm³/mol. The van der Waals surface area contributed by atoms with Crippen molar-refractivity contribution in [3.8, 4) is 0 Å². The zero-order valence-electron chi connectivity index (χ0n) is 14.4. The first-order valence-corrected chi connectivity index (χ1v) is 8.42. The molecule has 26 heavy (non-hydrogen) atoms. The summed E-state index contributed by atoms with van der Waals surface area (Å²) in [5, 5.41) is 2.48. The summed E-state index contributed by atoms with van der Waals surface area (Å²) in [6, 6.07) is 4.73. The second kappa shape index (κ2) is 6.31. The lowest BCUT2D eigenvalue weighted by Crippen LogP contribution is -2.66. The average Bonchev–Trinajstić information content (AvgIpc) is 2.92. The number of hydrogen-bond acceptors (Lipinski definition) is 6. The van der Waals surface area contributed by atoms with E-state index in [1.54, 1.807) is 12.1 Å². The number of benzene rings is 1. The third kappa shape index (κ3) is 2.92. The molecule has 0 radical (unpaired) electrons. The Bertz CT molecular complexity index is 731. The lowest BCUT2D eigenvalue weighted by molar-refractivity contribution is -0.127. The van der Waals surface area contributed by atoms with Crippen LogP contribution in [0.4, 0.5) is 25.4 Å². The van der Waals surface area contributed by atoms with Crippen LogP contribution in [0.25, 0.3) is 0 Å². The van der Waals surface area contributed by atoms with E-state index in [4.69, 9.17) is 9.47 Å². The topological polar surface area (TPSA) is 80.3 Å². The molecular weight excluding hydrogens is 345 g/mol. The van der Waals surface area contributed by atoms with Gasteiger partial charge in [-0.25, -0.2) is 14.0 Å². The second-order valence-corrected chi connectivity index (χ2v) is 6.97. The van der Waals surface area contributed by atoms with Crippen molar-refractivity contribution < 1.29 is 28.2 Å². The highest BCUT2D eigenvalue weighted by molar-refractivity contribution is 5.90. The van der Waals surface area contributed by atoms with E-state index in [0.717, 1.165) is 26.3 Å². The van der Waals surface area contributed by atoms with Gasteiger partial charge in [0.2, 0.25) is 0 Å². The molecule has 3 aliphatic heterocycles. The Morgan fingerprint density at radius 3 is 2.81 bits per heavy atom. The Morgan fingerprint density at radius 1 is 1.42 bits per heavy atom. The zero-order chi connectivity index (χ0) is 18.3. The van der Waals surface area contributed by atoms with Gasteiger partial charge >= 0.3 is 12.2 Å². The van der Waals surface area contributed by atoms with Gasteiger partial charge < -0.3 is 24.4 Å². The number of rotatable bonds is 4. The number of carbonyl (C=O) groups excluding carboxylic acids is 2. The Labute approximate surface area is 149 Å². The van der Waals surface area contributed by atoms with Crippen LogP contribution in [0.3, 0.4) is 0 Å². The van der Waals surface area contributed by atoms with Gasteiger partial charge in [-0.3, -0.25) is 4.90 Å². The van der Waals surface area contributed by atoms with E-state index >= 15 is 0 Å². The van der Waals surface area contributed by atoms with Gasteiger partial charge in [-0.05, 0) is 18.2 Å². The zero-order valence-corrected chi connectivity index (χ0v) is 14.4. The van der Waals surface area contributed by atoms with Crippen LogP contribution in [-0.4, -0.2) is 64.8 Å². The van der Waals surface area contributed by atoms with Crippen molar-refractivity contribution >= 4 is 23.6 Å². The number of halogens is 1. The number of alkyl carbamates (subject to hydrolysis) is 1. The minimum Gasteiger partial charge on any atom is -0.453 e. The van der Waals surface area contributed by atoms with Gasteiger partial charge in [0.1, 0.15) is 11.9 Å². The molecule has 140 valence electrons. The van der Waals surface area contributed by atoms with Gasteiger partial charge in [-0.1, -0.05) is 0 Å². The van der Waals surface area contributed by atoms with Gasteiger partial charge in [-0.15, -0.1) is 0 Å². The van der Waals surface area contributed by atoms with E-state index in [1.807, 2.05) is 4.90 Å². The Hall–Kier alpha value is -2.55. The number of ether oxygens (including phenoxy) is 3. The lowest BCUT2D eigenvalue weighted by atomic mass is 9.78. The number of anilines is 2. The highest BCUT2D eigenvalue weighted by Gasteiger charge is 2.49. The van der Waals surface area contributed by atoms with E-state index in [2.05, 4.69) is 10.1 Å². The maximum Gasteiger partial charge on any atom is 0.414 e. The van der Waals surface area contributed by atoms with Crippen LogP contribution >= 0.6 is 0 Å². The van der Waals surface area contributed by atoms with E-state index < -0.39 is 18.3 Å². The molecule has 9 heteroatoms. The fourth-order valence-electron chi connectivity index (χ4n) is 3.54. The highest BCUT2D eigenvalue weighted by atomic mass is 19.1. The molecule has 1 spiro atoms. The van der Waals surface area contributed by atoms with E-state index in [1.165, 1.54) is 18.1 Å². The predicted octanol–water partition coefficient (Wildman–Crippen LogP) is 1.34. The number of hydrogen-bond donors (Lipinski definition) is 1. The van der Waals surface area contributed by atoms with Crippen LogP contribution in [0.5, 0.6) is 0 Å². The number of carbonyl (C=O) groups is 2. The maximum absolute atomic E-state index is 14.5. The largest absolute Gasteiger partial charge is 0.453 e. The van der Waals surface area contributed by atoms with E-state index in [9.17, 15) is 14.0 Å². The van der Waals surface area contributed by atoms with Crippen LogP contribution in [0, 0.1) is 11.2 Å². The summed E-state index contributed by atoms with van der Waals surface area (Å²) >= 11 is 0. The van der Waals surface area contributed by atoms with Crippen molar-refractivity contribution in [2.75, 3.05) is 56.3 Å². The fraction of sp³-hybridized carbons (Fsp3) is 0.529. The number of amides is 2. The van der Waals surface area contributed by atoms with E-state index in [-0.39, 0.29) is 24.3 Å². The van der Waals surface area contributed by atoms with E-state index in [0.29, 0.717) is 11.4 Å². The first kappa shape index (κ1) is 16.9. The minimum absolute atomic E-state index is 0.132. The molecule has 3 saturated heterocycles.